The van der Waals surface area contributed by atoms with Crippen LogP contribution in [0, 0.1) is 11.3 Å². The van der Waals surface area contributed by atoms with Gasteiger partial charge in [0.25, 0.3) is 0 Å². The van der Waals surface area contributed by atoms with Gasteiger partial charge in [0.2, 0.25) is 0 Å². The third-order valence-corrected chi connectivity index (χ3v) is 5.13. The van der Waals surface area contributed by atoms with Crippen LogP contribution in [0.15, 0.2) is 0 Å². The normalized spacial score (nSPS) is 32.8. The van der Waals surface area contributed by atoms with Crippen molar-refractivity contribution in [2.45, 2.75) is 82.5 Å². The van der Waals surface area contributed by atoms with E-state index in [4.69, 9.17) is 0 Å². The molecule has 2 atom stereocenters. The molecule has 2 aliphatic carbocycles. The molecule has 0 spiro atoms. The van der Waals surface area contributed by atoms with Gasteiger partial charge in [0.15, 0.2) is 0 Å². The van der Waals surface area contributed by atoms with Gasteiger partial charge in [0.1, 0.15) is 5.54 Å². The van der Waals surface area contributed by atoms with E-state index >= 15 is 0 Å². The molecule has 0 aromatic carbocycles. The second-order valence-electron chi connectivity index (χ2n) is 6.79. The van der Waals surface area contributed by atoms with Gasteiger partial charge in [0, 0.05) is 17.6 Å². The highest BCUT2D eigenvalue weighted by atomic mass is 15.2. The first-order valence-corrected chi connectivity index (χ1v) is 7.34. The lowest BCUT2D eigenvalue weighted by atomic mass is 9.95. The van der Waals surface area contributed by atoms with Crippen LogP contribution in [0.1, 0.15) is 59.3 Å². The van der Waals surface area contributed by atoms with Gasteiger partial charge in [-0.25, -0.2) is 0 Å². The Morgan fingerprint density at radius 3 is 2.56 bits per heavy atom. The van der Waals surface area contributed by atoms with Crippen LogP contribution in [0.3, 0.4) is 0 Å². The van der Waals surface area contributed by atoms with Crippen molar-refractivity contribution in [2.24, 2.45) is 0 Å². The maximum atomic E-state index is 9.52. The summed E-state index contributed by atoms with van der Waals surface area (Å²) in [4.78, 5) is 2.49. The summed E-state index contributed by atoms with van der Waals surface area (Å²) in [6, 6.07) is 3.73. The summed E-state index contributed by atoms with van der Waals surface area (Å²) in [5.41, 5.74) is -0.0142. The summed E-state index contributed by atoms with van der Waals surface area (Å²) in [7, 11) is 2.22. The molecule has 102 valence electrons. The van der Waals surface area contributed by atoms with Crippen LogP contribution < -0.4 is 5.32 Å². The summed E-state index contributed by atoms with van der Waals surface area (Å²) in [6.07, 6.45) is 6.80. The highest BCUT2D eigenvalue weighted by Crippen LogP contribution is 2.37. The van der Waals surface area contributed by atoms with E-state index in [-0.39, 0.29) is 11.1 Å². The van der Waals surface area contributed by atoms with E-state index < -0.39 is 0 Å². The Bertz CT molecular complexity index is 340. The van der Waals surface area contributed by atoms with Crippen molar-refractivity contribution in [1.29, 1.82) is 5.26 Å². The zero-order valence-corrected chi connectivity index (χ0v) is 12.3. The highest BCUT2D eigenvalue weighted by molar-refractivity contribution is 5.15. The second kappa shape index (κ2) is 4.83. The average Bonchev–Trinajstić information content (AvgIpc) is 3.06. The summed E-state index contributed by atoms with van der Waals surface area (Å²) < 4.78 is 0. The molecule has 0 aromatic heterocycles. The van der Waals surface area contributed by atoms with Crippen LogP contribution in [0.25, 0.3) is 0 Å². The van der Waals surface area contributed by atoms with Crippen molar-refractivity contribution in [3.63, 3.8) is 0 Å². The summed E-state index contributed by atoms with van der Waals surface area (Å²) in [5.74, 6) is 0. The van der Waals surface area contributed by atoms with Crippen molar-refractivity contribution in [3.8, 4) is 6.07 Å². The molecule has 0 aromatic rings. The molecule has 2 unspecified atom stereocenters. The minimum atomic E-state index is -0.246. The molecule has 2 fully saturated rings. The van der Waals surface area contributed by atoms with Gasteiger partial charge >= 0.3 is 0 Å². The molecule has 0 heterocycles. The Morgan fingerprint density at radius 1 is 1.39 bits per heavy atom. The zero-order chi connectivity index (χ0) is 13.4. The maximum absolute atomic E-state index is 9.52. The van der Waals surface area contributed by atoms with Gasteiger partial charge in [-0.15, -0.1) is 0 Å². The van der Waals surface area contributed by atoms with Crippen LogP contribution in [0.2, 0.25) is 0 Å². The van der Waals surface area contributed by atoms with Gasteiger partial charge in [0.05, 0.1) is 6.07 Å². The lowest BCUT2D eigenvalue weighted by Gasteiger charge is -2.39. The Morgan fingerprint density at radius 2 is 2.06 bits per heavy atom. The summed E-state index contributed by atoms with van der Waals surface area (Å²) in [6.45, 7) is 6.84. The van der Waals surface area contributed by atoms with Gasteiger partial charge in [-0.1, -0.05) is 6.92 Å². The molecular formula is C15H27N3. The molecule has 3 nitrogen and oxygen atoms in total. The predicted molar refractivity (Wildman–Crippen MR) is 74.3 cm³/mol. The minimum absolute atomic E-state index is 0.232. The first kappa shape index (κ1) is 13.8. The molecule has 3 heteroatoms. The molecule has 2 saturated carbocycles. The summed E-state index contributed by atoms with van der Waals surface area (Å²) in [5, 5.41) is 13.1. The number of rotatable bonds is 5. The third-order valence-electron chi connectivity index (χ3n) is 5.13. The van der Waals surface area contributed by atoms with Crippen LogP contribution in [0.5, 0.6) is 0 Å². The van der Waals surface area contributed by atoms with E-state index in [1.807, 2.05) is 0 Å². The SMILES string of the molecule is CCC(C)(C)N(C)C1CCC(C#N)(NC2CC2)C1. The third kappa shape index (κ3) is 2.70. The van der Waals surface area contributed by atoms with E-state index in [0.29, 0.717) is 12.1 Å². The molecule has 0 saturated heterocycles. The van der Waals surface area contributed by atoms with Gasteiger partial charge in [-0.05, 0) is 59.4 Å². The second-order valence-corrected chi connectivity index (χ2v) is 6.79. The quantitative estimate of drug-likeness (QED) is 0.814. The lowest BCUT2D eigenvalue weighted by Crippen LogP contribution is -2.49. The topological polar surface area (TPSA) is 39.1 Å². The van der Waals surface area contributed by atoms with E-state index in [2.05, 4.69) is 44.1 Å². The first-order chi connectivity index (χ1) is 8.42. The fourth-order valence-electron chi connectivity index (χ4n) is 2.98. The standard InChI is InChI=1S/C15H27N3/c1-5-14(2,3)18(4)13-8-9-15(10-13,11-16)17-12-6-7-12/h12-13,17H,5-10H2,1-4H3. The van der Waals surface area contributed by atoms with Crippen LogP contribution in [0.4, 0.5) is 0 Å². The zero-order valence-electron chi connectivity index (χ0n) is 12.3. The summed E-state index contributed by atoms with van der Waals surface area (Å²) >= 11 is 0. The van der Waals surface area contributed by atoms with Crippen LogP contribution in [-0.4, -0.2) is 35.1 Å². The molecule has 18 heavy (non-hydrogen) atoms. The van der Waals surface area contributed by atoms with Crippen molar-refractivity contribution >= 4 is 0 Å². The lowest BCUT2D eigenvalue weighted by molar-refractivity contribution is 0.0966. The van der Waals surface area contributed by atoms with Crippen molar-refractivity contribution in [3.05, 3.63) is 0 Å². The molecule has 0 aliphatic heterocycles. The first-order valence-electron chi connectivity index (χ1n) is 7.34. The van der Waals surface area contributed by atoms with E-state index in [1.165, 1.54) is 12.8 Å². The number of hydrogen-bond donors (Lipinski definition) is 1. The molecular weight excluding hydrogens is 222 g/mol. The Hall–Kier alpha value is -0.590. The predicted octanol–water partition coefficient (Wildman–Crippen LogP) is 2.67. The Kier molecular flexibility index (Phi) is 3.71. The Balaban J connectivity index is 2.00. The van der Waals surface area contributed by atoms with Crippen molar-refractivity contribution in [1.82, 2.24) is 10.2 Å². The van der Waals surface area contributed by atoms with E-state index in [9.17, 15) is 5.26 Å². The minimum Gasteiger partial charge on any atom is -0.298 e. The number of hydrogen-bond acceptors (Lipinski definition) is 3. The molecule has 2 aliphatic rings. The highest BCUT2D eigenvalue weighted by Gasteiger charge is 2.45. The van der Waals surface area contributed by atoms with E-state index in [1.54, 1.807) is 0 Å². The van der Waals surface area contributed by atoms with Crippen molar-refractivity contribution < 1.29 is 0 Å². The fourth-order valence-corrected chi connectivity index (χ4v) is 2.98. The van der Waals surface area contributed by atoms with Gasteiger partial charge in [-0.3, -0.25) is 10.2 Å². The monoisotopic (exact) mass is 249 g/mol. The maximum Gasteiger partial charge on any atom is 0.108 e. The molecule has 0 radical (unpaired) electrons. The Labute approximate surface area is 112 Å². The number of nitrogens with one attached hydrogen (secondary N) is 1. The van der Waals surface area contributed by atoms with Gasteiger partial charge < -0.3 is 0 Å². The average molecular weight is 249 g/mol. The smallest absolute Gasteiger partial charge is 0.108 e. The number of nitriles is 1. The largest absolute Gasteiger partial charge is 0.298 e. The van der Waals surface area contributed by atoms with Crippen LogP contribution >= 0.6 is 0 Å². The molecule has 0 bridgehead atoms. The van der Waals surface area contributed by atoms with Crippen molar-refractivity contribution in [2.75, 3.05) is 7.05 Å². The molecule has 1 N–H and O–H groups in total. The number of nitrogens with zero attached hydrogens (tertiary/aromatic N) is 2. The van der Waals surface area contributed by atoms with E-state index in [0.717, 1.165) is 25.7 Å². The molecule has 0 amide bonds. The van der Waals surface area contributed by atoms with Crippen LogP contribution in [-0.2, 0) is 0 Å². The van der Waals surface area contributed by atoms with Gasteiger partial charge in [-0.2, -0.15) is 5.26 Å². The molecule has 2 rings (SSSR count). The fraction of sp³-hybridized carbons (Fsp3) is 0.933.